The molecule has 1 aromatic heterocycles. The van der Waals surface area contributed by atoms with Crippen molar-refractivity contribution in [2.45, 2.75) is 26.7 Å². The second-order valence-electron chi connectivity index (χ2n) is 7.64. The molecule has 6 heteroatoms. The van der Waals surface area contributed by atoms with Crippen molar-refractivity contribution in [2.75, 3.05) is 22.9 Å². The van der Waals surface area contributed by atoms with Crippen molar-refractivity contribution in [1.29, 1.82) is 0 Å². The van der Waals surface area contributed by atoms with E-state index in [-0.39, 0.29) is 11.8 Å². The number of carbonyl (C=O) groups excluding carboxylic acids is 2. The quantitative estimate of drug-likeness (QED) is 0.643. The minimum Gasteiger partial charge on any atom is -0.371 e. The first-order valence-corrected chi connectivity index (χ1v) is 9.68. The van der Waals surface area contributed by atoms with Crippen molar-refractivity contribution in [3.05, 3.63) is 52.8 Å². The van der Waals surface area contributed by atoms with E-state index >= 15 is 0 Å². The van der Waals surface area contributed by atoms with Crippen LogP contribution in [0.25, 0.3) is 10.8 Å². The van der Waals surface area contributed by atoms with Crippen molar-refractivity contribution in [2.24, 2.45) is 7.05 Å². The number of aryl methyl sites for hydroxylation is 2. The van der Waals surface area contributed by atoms with Gasteiger partial charge in [0.25, 0.3) is 11.8 Å². The van der Waals surface area contributed by atoms with Crippen molar-refractivity contribution in [3.63, 3.8) is 0 Å². The number of aromatic nitrogens is 2. The summed E-state index contributed by atoms with van der Waals surface area (Å²) in [5.41, 5.74) is 4.32. The SMILES string of the molecule is Cc1nn(C)c(C)c1N1C(=O)c2cccc3c(N4CCCC4)ccc(c23)C1=O. The number of rotatable bonds is 2. The van der Waals surface area contributed by atoms with Crippen LogP contribution in [0.3, 0.4) is 0 Å². The first kappa shape index (κ1) is 17.0. The average molecular weight is 374 g/mol. The van der Waals surface area contributed by atoms with Crippen LogP contribution in [0, 0.1) is 13.8 Å². The summed E-state index contributed by atoms with van der Waals surface area (Å²) < 4.78 is 1.71. The fourth-order valence-electron chi connectivity index (χ4n) is 4.60. The van der Waals surface area contributed by atoms with Crippen LogP contribution in [-0.4, -0.2) is 34.7 Å². The van der Waals surface area contributed by atoms with E-state index in [1.165, 1.54) is 17.7 Å². The molecule has 3 aromatic rings. The zero-order valence-electron chi connectivity index (χ0n) is 16.3. The van der Waals surface area contributed by atoms with Crippen LogP contribution in [0.5, 0.6) is 0 Å². The topological polar surface area (TPSA) is 58.4 Å². The van der Waals surface area contributed by atoms with Gasteiger partial charge in [0.2, 0.25) is 0 Å². The minimum absolute atomic E-state index is 0.277. The predicted molar refractivity (Wildman–Crippen MR) is 109 cm³/mol. The molecule has 2 aromatic carbocycles. The van der Waals surface area contributed by atoms with Crippen LogP contribution >= 0.6 is 0 Å². The van der Waals surface area contributed by atoms with Gasteiger partial charge in [-0.1, -0.05) is 12.1 Å². The maximum absolute atomic E-state index is 13.4. The highest BCUT2D eigenvalue weighted by molar-refractivity contribution is 6.36. The van der Waals surface area contributed by atoms with Crippen LogP contribution in [0.1, 0.15) is 44.9 Å². The maximum Gasteiger partial charge on any atom is 0.266 e. The summed E-state index contributed by atoms with van der Waals surface area (Å²) in [6, 6.07) is 9.66. The molecule has 0 unspecified atom stereocenters. The number of nitrogens with zero attached hydrogens (tertiary/aromatic N) is 4. The van der Waals surface area contributed by atoms with Crippen LogP contribution in [0.2, 0.25) is 0 Å². The molecule has 3 heterocycles. The van der Waals surface area contributed by atoms with Gasteiger partial charge in [0.05, 0.1) is 17.1 Å². The van der Waals surface area contributed by atoms with Gasteiger partial charge in [-0.2, -0.15) is 5.10 Å². The second-order valence-corrected chi connectivity index (χ2v) is 7.64. The van der Waals surface area contributed by atoms with Crippen molar-refractivity contribution < 1.29 is 9.59 Å². The van der Waals surface area contributed by atoms with E-state index in [0.29, 0.717) is 22.5 Å². The lowest BCUT2D eigenvalue weighted by molar-refractivity contribution is 0.0893. The highest BCUT2D eigenvalue weighted by Crippen LogP contribution is 2.39. The molecule has 0 radical (unpaired) electrons. The predicted octanol–water partition coefficient (Wildman–Crippen LogP) is 3.59. The number of hydrogen-bond donors (Lipinski definition) is 0. The zero-order chi connectivity index (χ0) is 19.6. The Bertz CT molecular complexity index is 1130. The number of imide groups is 1. The van der Waals surface area contributed by atoms with Gasteiger partial charge >= 0.3 is 0 Å². The molecule has 2 aliphatic heterocycles. The molecule has 5 rings (SSSR count). The van der Waals surface area contributed by atoms with Gasteiger partial charge in [-0.15, -0.1) is 0 Å². The lowest BCUT2D eigenvalue weighted by Gasteiger charge is -2.29. The number of carbonyl (C=O) groups is 2. The molecule has 1 fully saturated rings. The second kappa shape index (κ2) is 5.92. The molecule has 0 N–H and O–H groups in total. The lowest BCUT2D eigenvalue weighted by Crippen LogP contribution is -2.41. The fourth-order valence-corrected chi connectivity index (χ4v) is 4.60. The van der Waals surface area contributed by atoms with E-state index in [2.05, 4.69) is 10.00 Å². The van der Waals surface area contributed by atoms with Gasteiger partial charge in [-0.3, -0.25) is 14.3 Å². The molecular weight excluding hydrogens is 352 g/mol. The molecule has 6 nitrogen and oxygen atoms in total. The Morgan fingerprint density at radius 3 is 2.25 bits per heavy atom. The van der Waals surface area contributed by atoms with E-state index in [4.69, 9.17) is 0 Å². The summed E-state index contributed by atoms with van der Waals surface area (Å²) in [6.45, 7) is 5.74. The number of amides is 2. The van der Waals surface area contributed by atoms with Crippen molar-refractivity contribution in [1.82, 2.24) is 9.78 Å². The van der Waals surface area contributed by atoms with Crippen LogP contribution in [0.15, 0.2) is 30.3 Å². The third-order valence-electron chi connectivity index (χ3n) is 6.03. The Kier molecular flexibility index (Phi) is 3.59. The molecule has 1 saturated heterocycles. The first-order chi connectivity index (χ1) is 13.5. The molecule has 0 aliphatic carbocycles. The van der Waals surface area contributed by atoms with Gasteiger partial charge in [-0.05, 0) is 44.9 Å². The summed E-state index contributed by atoms with van der Waals surface area (Å²) in [7, 11) is 1.82. The van der Waals surface area contributed by atoms with E-state index < -0.39 is 0 Å². The van der Waals surface area contributed by atoms with E-state index in [0.717, 1.165) is 35.2 Å². The molecule has 0 saturated carbocycles. The standard InChI is InChI=1S/C22H22N4O2/c1-13-20(14(2)24(3)23-13)26-21(27)16-8-6-7-15-18(25-11-4-5-12-25)10-9-17(19(15)16)22(26)28/h6-10H,4-5,11-12H2,1-3H3. The van der Waals surface area contributed by atoms with Gasteiger partial charge < -0.3 is 4.90 Å². The molecular formula is C22H22N4O2. The maximum atomic E-state index is 13.4. The molecule has 0 atom stereocenters. The average Bonchev–Trinajstić information content (AvgIpc) is 3.30. The van der Waals surface area contributed by atoms with Crippen molar-refractivity contribution >= 4 is 34.0 Å². The zero-order valence-corrected chi connectivity index (χ0v) is 16.3. The Morgan fingerprint density at radius 2 is 1.61 bits per heavy atom. The first-order valence-electron chi connectivity index (χ1n) is 9.68. The molecule has 142 valence electrons. The molecule has 0 spiro atoms. The van der Waals surface area contributed by atoms with Gasteiger partial charge in [0.15, 0.2) is 0 Å². The van der Waals surface area contributed by atoms with Crippen LogP contribution in [-0.2, 0) is 7.05 Å². The molecule has 2 amide bonds. The van der Waals surface area contributed by atoms with Crippen molar-refractivity contribution in [3.8, 4) is 0 Å². The van der Waals surface area contributed by atoms with Gasteiger partial charge in [0, 0.05) is 47.7 Å². The highest BCUT2D eigenvalue weighted by Gasteiger charge is 2.37. The molecule has 28 heavy (non-hydrogen) atoms. The van der Waals surface area contributed by atoms with Gasteiger partial charge in [0.1, 0.15) is 0 Å². The molecule has 2 aliphatic rings. The minimum atomic E-state index is -0.277. The lowest BCUT2D eigenvalue weighted by atomic mass is 9.92. The number of benzene rings is 2. The third-order valence-corrected chi connectivity index (χ3v) is 6.03. The summed E-state index contributed by atoms with van der Waals surface area (Å²) in [5.74, 6) is -0.554. The Balaban J connectivity index is 1.74. The van der Waals surface area contributed by atoms with E-state index in [1.54, 1.807) is 4.68 Å². The fraction of sp³-hybridized carbons (Fsp3) is 0.318. The summed E-state index contributed by atoms with van der Waals surface area (Å²) in [6.07, 6.45) is 2.35. The summed E-state index contributed by atoms with van der Waals surface area (Å²) in [5, 5.41) is 6.15. The normalized spacial score (nSPS) is 16.5. The number of anilines is 2. The van der Waals surface area contributed by atoms with Gasteiger partial charge in [-0.25, -0.2) is 4.90 Å². The largest absolute Gasteiger partial charge is 0.371 e. The smallest absolute Gasteiger partial charge is 0.266 e. The third kappa shape index (κ3) is 2.17. The number of hydrogen-bond acceptors (Lipinski definition) is 4. The summed E-state index contributed by atoms with van der Waals surface area (Å²) >= 11 is 0. The Labute approximate surface area is 163 Å². The monoisotopic (exact) mass is 374 g/mol. The Hall–Kier alpha value is -3.15. The molecule has 0 bridgehead atoms. The Morgan fingerprint density at radius 1 is 0.929 bits per heavy atom. The van der Waals surface area contributed by atoms with Crippen LogP contribution in [0.4, 0.5) is 11.4 Å². The van der Waals surface area contributed by atoms with Crippen LogP contribution < -0.4 is 9.80 Å². The van der Waals surface area contributed by atoms with E-state index in [1.807, 2.05) is 51.2 Å². The van der Waals surface area contributed by atoms with E-state index in [9.17, 15) is 9.59 Å². The highest BCUT2D eigenvalue weighted by atomic mass is 16.2. The summed E-state index contributed by atoms with van der Waals surface area (Å²) in [4.78, 5) is 30.5.